The Bertz CT molecular complexity index is 624. The molecule has 2 aromatic rings. The summed E-state index contributed by atoms with van der Waals surface area (Å²) in [6, 6.07) is 11.7. The van der Waals surface area contributed by atoms with Gasteiger partial charge in [-0.2, -0.15) is 5.10 Å². The lowest BCUT2D eigenvalue weighted by atomic mass is 10.2. The average molecular weight is 288 g/mol. The molecule has 5 nitrogen and oxygen atoms in total. The third kappa shape index (κ3) is 4.94. The van der Waals surface area contributed by atoms with E-state index in [0.29, 0.717) is 5.75 Å². The van der Waals surface area contributed by atoms with Gasteiger partial charge in [-0.3, -0.25) is 4.79 Å². The maximum absolute atomic E-state index is 12.7. The molecule has 0 radical (unpaired) electrons. The molecule has 0 fully saturated rings. The molecular formula is C15H13FN2O3. The molecule has 0 aliphatic rings. The van der Waals surface area contributed by atoms with Crippen LogP contribution in [0.2, 0.25) is 0 Å². The summed E-state index contributed by atoms with van der Waals surface area (Å²) < 4.78 is 17.8. The van der Waals surface area contributed by atoms with Crippen molar-refractivity contribution in [2.45, 2.75) is 0 Å². The largest absolute Gasteiger partial charge is 0.508 e. The van der Waals surface area contributed by atoms with Crippen LogP contribution in [0.15, 0.2) is 53.6 Å². The number of hydrogen-bond donors (Lipinski definition) is 2. The maximum Gasteiger partial charge on any atom is 0.277 e. The van der Waals surface area contributed by atoms with Gasteiger partial charge in [0, 0.05) is 0 Å². The summed E-state index contributed by atoms with van der Waals surface area (Å²) in [4.78, 5) is 11.5. The number of benzene rings is 2. The number of hydrazone groups is 1. The van der Waals surface area contributed by atoms with Gasteiger partial charge in [0.1, 0.15) is 17.3 Å². The van der Waals surface area contributed by atoms with Gasteiger partial charge in [0.2, 0.25) is 0 Å². The molecule has 2 aromatic carbocycles. The fraction of sp³-hybridized carbons (Fsp3) is 0.0667. The van der Waals surface area contributed by atoms with Crippen LogP contribution >= 0.6 is 0 Å². The van der Waals surface area contributed by atoms with E-state index in [1.54, 1.807) is 12.1 Å². The van der Waals surface area contributed by atoms with E-state index in [0.717, 1.165) is 5.56 Å². The highest BCUT2D eigenvalue weighted by Gasteiger charge is 2.01. The van der Waals surface area contributed by atoms with Crippen LogP contribution in [-0.4, -0.2) is 23.8 Å². The number of carbonyl (C=O) groups excluding carboxylic acids is 1. The van der Waals surface area contributed by atoms with E-state index < -0.39 is 5.91 Å². The Hall–Kier alpha value is -2.89. The zero-order chi connectivity index (χ0) is 15.1. The molecule has 0 aromatic heterocycles. The van der Waals surface area contributed by atoms with Crippen LogP contribution in [0.5, 0.6) is 11.5 Å². The van der Waals surface area contributed by atoms with Gasteiger partial charge in [-0.15, -0.1) is 0 Å². The van der Waals surface area contributed by atoms with Crippen LogP contribution in [0.3, 0.4) is 0 Å². The molecule has 6 heteroatoms. The van der Waals surface area contributed by atoms with Gasteiger partial charge in [0.05, 0.1) is 6.21 Å². The summed E-state index contributed by atoms with van der Waals surface area (Å²) >= 11 is 0. The standard InChI is InChI=1S/C15H13FN2O3/c16-12-3-7-14(8-4-12)21-10-15(20)18-17-9-11-1-5-13(19)6-2-11/h1-9,19H,10H2,(H,18,20)/b17-9+. The number of nitrogens with one attached hydrogen (secondary N) is 1. The zero-order valence-electron chi connectivity index (χ0n) is 11.0. The highest BCUT2D eigenvalue weighted by atomic mass is 19.1. The number of amides is 1. The lowest BCUT2D eigenvalue weighted by Crippen LogP contribution is -2.24. The van der Waals surface area contributed by atoms with Crippen molar-refractivity contribution in [3.05, 3.63) is 59.9 Å². The van der Waals surface area contributed by atoms with Crippen LogP contribution in [0, 0.1) is 5.82 Å². The van der Waals surface area contributed by atoms with Gasteiger partial charge in [0.15, 0.2) is 6.61 Å². The van der Waals surface area contributed by atoms with Crippen LogP contribution in [0.1, 0.15) is 5.56 Å². The molecular weight excluding hydrogens is 275 g/mol. The van der Waals surface area contributed by atoms with E-state index in [1.165, 1.54) is 42.6 Å². The monoisotopic (exact) mass is 288 g/mol. The van der Waals surface area contributed by atoms with Gasteiger partial charge in [-0.05, 0) is 54.1 Å². The fourth-order valence-electron chi connectivity index (χ4n) is 1.45. The first-order chi connectivity index (χ1) is 10.1. The minimum Gasteiger partial charge on any atom is -0.508 e. The Labute approximate surface area is 120 Å². The maximum atomic E-state index is 12.7. The zero-order valence-corrected chi connectivity index (χ0v) is 11.0. The van der Waals surface area contributed by atoms with E-state index in [2.05, 4.69) is 10.5 Å². The van der Waals surface area contributed by atoms with E-state index >= 15 is 0 Å². The summed E-state index contributed by atoms with van der Waals surface area (Å²) in [6.07, 6.45) is 1.44. The molecule has 0 heterocycles. The molecule has 0 spiro atoms. The number of hydrogen-bond acceptors (Lipinski definition) is 4. The number of carbonyl (C=O) groups is 1. The molecule has 21 heavy (non-hydrogen) atoms. The van der Waals surface area contributed by atoms with Crippen molar-refractivity contribution in [2.24, 2.45) is 5.10 Å². The highest BCUT2D eigenvalue weighted by Crippen LogP contribution is 2.10. The summed E-state index contributed by atoms with van der Waals surface area (Å²) in [5.41, 5.74) is 3.03. The summed E-state index contributed by atoms with van der Waals surface area (Å²) in [7, 11) is 0. The van der Waals surface area contributed by atoms with Crippen molar-refractivity contribution in [1.82, 2.24) is 5.43 Å². The Morgan fingerprint density at radius 3 is 2.52 bits per heavy atom. The first kappa shape index (κ1) is 14.5. The fourth-order valence-corrected chi connectivity index (χ4v) is 1.45. The molecule has 0 saturated carbocycles. The number of halogens is 1. The molecule has 0 aliphatic heterocycles. The van der Waals surface area contributed by atoms with Crippen LogP contribution in [0.25, 0.3) is 0 Å². The number of phenolic OH excluding ortho intramolecular Hbond substituents is 1. The van der Waals surface area contributed by atoms with E-state index in [-0.39, 0.29) is 18.2 Å². The third-order valence-electron chi connectivity index (χ3n) is 2.48. The Balaban J connectivity index is 1.77. The number of nitrogens with zero attached hydrogens (tertiary/aromatic N) is 1. The number of aromatic hydroxyl groups is 1. The summed E-state index contributed by atoms with van der Waals surface area (Å²) in [6.45, 7) is -0.224. The number of ether oxygens (including phenoxy) is 1. The topological polar surface area (TPSA) is 70.9 Å². The minimum atomic E-state index is -0.436. The second-order valence-electron chi connectivity index (χ2n) is 4.13. The molecule has 0 aliphatic carbocycles. The molecule has 0 bridgehead atoms. The highest BCUT2D eigenvalue weighted by molar-refractivity contribution is 5.83. The summed E-state index contributed by atoms with van der Waals surface area (Å²) in [5, 5.41) is 12.9. The van der Waals surface area contributed by atoms with Crippen molar-refractivity contribution in [3.63, 3.8) is 0 Å². The molecule has 0 atom stereocenters. The van der Waals surface area contributed by atoms with E-state index in [1.807, 2.05) is 0 Å². The quantitative estimate of drug-likeness (QED) is 0.653. The number of phenols is 1. The molecule has 2 rings (SSSR count). The van der Waals surface area contributed by atoms with Crippen LogP contribution < -0.4 is 10.2 Å². The van der Waals surface area contributed by atoms with Gasteiger partial charge >= 0.3 is 0 Å². The van der Waals surface area contributed by atoms with Gasteiger partial charge in [0.25, 0.3) is 5.91 Å². The second-order valence-corrected chi connectivity index (χ2v) is 4.13. The van der Waals surface area contributed by atoms with Crippen molar-refractivity contribution >= 4 is 12.1 Å². The van der Waals surface area contributed by atoms with Crippen LogP contribution in [-0.2, 0) is 4.79 Å². The smallest absolute Gasteiger partial charge is 0.277 e. The van der Waals surface area contributed by atoms with Gasteiger partial charge < -0.3 is 9.84 Å². The van der Waals surface area contributed by atoms with Crippen molar-refractivity contribution in [3.8, 4) is 11.5 Å². The lowest BCUT2D eigenvalue weighted by molar-refractivity contribution is -0.123. The number of rotatable bonds is 5. The lowest BCUT2D eigenvalue weighted by Gasteiger charge is -2.04. The second kappa shape index (κ2) is 7.04. The summed E-state index contributed by atoms with van der Waals surface area (Å²) in [5.74, 6) is -0.252. The normalized spacial score (nSPS) is 10.5. The SMILES string of the molecule is O=C(COc1ccc(F)cc1)N/N=C/c1ccc(O)cc1. The first-order valence-corrected chi connectivity index (χ1v) is 6.13. The van der Waals surface area contributed by atoms with Gasteiger partial charge in [-0.25, -0.2) is 9.82 Å². The van der Waals surface area contributed by atoms with Crippen molar-refractivity contribution in [1.29, 1.82) is 0 Å². The Morgan fingerprint density at radius 2 is 1.86 bits per heavy atom. The van der Waals surface area contributed by atoms with E-state index in [4.69, 9.17) is 9.84 Å². The predicted molar refractivity (Wildman–Crippen MR) is 75.7 cm³/mol. The average Bonchev–Trinajstić information content (AvgIpc) is 2.49. The first-order valence-electron chi connectivity index (χ1n) is 6.13. The van der Waals surface area contributed by atoms with Crippen molar-refractivity contribution in [2.75, 3.05) is 6.61 Å². The predicted octanol–water partition coefficient (Wildman–Crippen LogP) is 2.06. The molecule has 0 saturated heterocycles. The molecule has 108 valence electrons. The van der Waals surface area contributed by atoms with Gasteiger partial charge in [-0.1, -0.05) is 0 Å². The van der Waals surface area contributed by atoms with E-state index in [9.17, 15) is 9.18 Å². The third-order valence-corrected chi connectivity index (χ3v) is 2.48. The Morgan fingerprint density at radius 1 is 1.19 bits per heavy atom. The Kier molecular flexibility index (Phi) is 4.87. The molecule has 0 unspecified atom stereocenters. The molecule has 2 N–H and O–H groups in total. The van der Waals surface area contributed by atoms with Crippen molar-refractivity contribution < 1.29 is 19.0 Å². The molecule has 1 amide bonds. The van der Waals surface area contributed by atoms with Crippen LogP contribution in [0.4, 0.5) is 4.39 Å². The minimum absolute atomic E-state index is 0.156.